The molecule has 2 N–H and O–H groups in total. The van der Waals surface area contributed by atoms with Crippen LogP contribution in [0.25, 0.3) is 0 Å². The van der Waals surface area contributed by atoms with E-state index in [4.69, 9.17) is 5.11 Å². The number of aromatic nitrogens is 1. The number of hydrogen-bond acceptors (Lipinski definition) is 4. The van der Waals surface area contributed by atoms with Gasteiger partial charge >= 0.3 is 0 Å². The van der Waals surface area contributed by atoms with E-state index in [1.807, 2.05) is 19.0 Å². The molecule has 1 aliphatic rings. The number of anilines is 1. The van der Waals surface area contributed by atoms with Crippen molar-refractivity contribution in [1.29, 1.82) is 0 Å². The molecule has 1 unspecified atom stereocenters. The Bertz CT molecular complexity index is 489. The van der Waals surface area contributed by atoms with Crippen molar-refractivity contribution in [3.05, 3.63) is 22.3 Å². The number of nitrogens with zero attached hydrogens (tertiary/aromatic N) is 2. The van der Waals surface area contributed by atoms with Gasteiger partial charge in [-0.25, -0.2) is 4.98 Å². The van der Waals surface area contributed by atoms with Gasteiger partial charge in [0.1, 0.15) is 5.82 Å². The molecule has 0 radical (unpaired) electrons. The minimum absolute atomic E-state index is 0.0569. The maximum atomic E-state index is 12.5. The number of aliphatic hydroxyl groups excluding tert-OH is 1. The van der Waals surface area contributed by atoms with Crippen molar-refractivity contribution in [3.63, 3.8) is 0 Å². The zero-order chi connectivity index (χ0) is 14.7. The second-order valence-corrected chi connectivity index (χ2v) is 6.26. The molecule has 20 heavy (non-hydrogen) atoms. The molecule has 2 rings (SSSR count). The normalized spacial score (nSPS) is 15.8. The first-order valence-corrected chi connectivity index (χ1v) is 7.56. The number of nitrogens with one attached hydrogen (secondary N) is 1. The maximum Gasteiger partial charge on any atom is 0.255 e. The Morgan fingerprint density at radius 2 is 2.30 bits per heavy atom. The SMILES string of the molecule is CN(C)c1ncc(Br)cc1C(=O)NC(CCO)C1CC1. The second-order valence-electron chi connectivity index (χ2n) is 5.35. The topological polar surface area (TPSA) is 65.5 Å². The summed E-state index contributed by atoms with van der Waals surface area (Å²) in [5, 5.41) is 12.1. The number of halogens is 1. The van der Waals surface area contributed by atoms with Gasteiger partial charge in [0.25, 0.3) is 5.91 Å². The zero-order valence-electron chi connectivity index (χ0n) is 11.8. The van der Waals surface area contributed by atoms with Crippen molar-refractivity contribution >= 4 is 27.7 Å². The largest absolute Gasteiger partial charge is 0.396 e. The van der Waals surface area contributed by atoms with E-state index in [1.54, 1.807) is 12.3 Å². The Morgan fingerprint density at radius 1 is 1.60 bits per heavy atom. The van der Waals surface area contributed by atoms with E-state index >= 15 is 0 Å². The lowest BCUT2D eigenvalue weighted by Gasteiger charge is -2.20. The molecule has 1 fully saturated rings. The summed E-state index contributed by atoms with van der Waals surface area (Å²) < 4.78 is 0.776. The highest BCUT2D eigenvalue weighted by Gasteiger charge is 2.32. The van der Waals surface area contributed by atoms with Crippen LogP contribution in [-0.2, 0) is 0 Å². The van der Waals surface area contributed by atoms with Gasteiger partial charge in [-0.2, -0.15) is 0 Å². The summed E-state index contributed by atoms with van der Waals surface area (Å²) in [6, 6.07) is 1.84. The molecule has 1 aliphatic carbocycles. The monoisotopic (exact) mass is 341 g/mol. The van der Waals surface area contributed by atoms with Crippen LogP contribution in [0, 0.1) is 5.92 Å². The molecule has 1 saturated carbocycles. The molecule has 1 aromatic rings. The average molecular weight is 342 g/mol. The van der Waals surface area contributed by atoms with Crippen molar-refractivity contribution in [3.8, 4) is 0 Å². The Balaban J connectivity index is 2.17. The highest BCUT2D eigenvalue weighted by atomic mass is 79.9. The van der Waals surface area contributed by atoms with Crippen LogP contribution >= 0.6 is 15.9 Å². The number of amides is 1. The first kappa shape index (κ1) is 15.3. The first-order chi connectivity index (χ1) is 9.52. The van der Waals surface area contributed by atoms with Gasteiger partial charge in [-0.1, -0.05) is 0 Å². The van der Waals surface area contributed by atoms with Gasteiger partial charge in [-0.15, -0.1) is 0 Å². The molecule has 0 spiro atoms. The first-order valence-electron chi connectivity index (χ1n) is 6.77. The van der Waals surface area contributed by atoms with Crippen molar-refractivity contribution in [1.82, 2.24) is 10.3 Å². The Kier molecular flexibility index (Phi) is 4.99. The van der Waals surface area contributed by atoms with Gasteiger partial charge in [0, 0.05) is 37.4 Å². The molecule has 0 saturated heterocycles. The summed E-state index contributed by atoms with van der Waals surface area (Å²) in [6.07, 6.45) is 4.54. The highest BCUT2D eigenvalue weighted by molar-refractivity contribution is 9.10. The van der Waals surface area contributed by atoms with Crippen LogP contribution < -0.4 is 10.2 Å². The smallest absolute Gasteiger partial charge is 0.255 e. The van der Waals surface area contributed by atoms with Crippen LogP contribution in [0.15, 0.2) is 16.7 Å². The van der Waals surface area contributed by atoms with E-state index in [9.17, 15) is 4.79 Å². The van der Waals surface area contributed by atoms with E-state index < -0.39 is 0 Å². The third kappa shape index (κ3) is 3.70. The molecule has 1 heterocycles. The van der Waals surface area contributed by atoms with Crippen LogP contribution in [-0.4, -0.2) is 42.7 Å². The molecule has 110 valence electrons. The van der Waals surface area contributed by atoms with Gasteiger partial charge in [-0.3, -0.25) is 4.79 Å². The quantitative estimate of drug-likeness (QED) is 0.828. The van der Waals surface area contributed by atoms with E-state index in [2.05, 4.69) is 26.2 Å². The third-order valence-corrected chi connectivity index (χ3v) is 3.88. The number of aliphatic hydroxyl groups is 1. The Labute approximate surface area is 127 Å². The molecule has 5 nitrogen and oxygen atoms in total. The fraction of sp³-hybridized carbons (Fsp3) is 0.571. The Morgan fingerprint density at radius 3 is 2.85 bits per heavy atom. The molecule has 1 aromatic heterocycles. The predicted octanol–water partition coefficient (Wildman–Crippen LogP) is 1.80. The minimum Gasteiger partial charge on any atom is -0.396 e. The summed E-state index contributed by atoms with van der Waals surface area (Å²) in [5.74, 6) is 1.02. The number of hydrogen-bond donors (Lipinski definition) is 2. The maximum absolute atomic E-state index is 12.5. The van der Waals surface area contributed by atoms with Crippen LogP contribution in [0.3, 0.4) is 0 Å². The third-order valence-electron chi connectivity index (χ3n) is 3.45. The molecule has 0 bridgehead atoms. The number of rotatable bonds is 6. The lowest BCUT2D eigenvalue weighted by molar-refractivity contribution is 0.0924. The standard InChI is InChI=1S/C14H20BrN3O2/c1-18(2)13-11(7-10(15)8-16-13)14(20)17-12(5-6-19)9-3-4-9/h7-9,12,19H,3-6H2,1-2H3,(H,17,20). The average Bonchev–Trinajstić information content (AvgIpc) is 3.21. The van der Waals surface area contributed by atoms with Crippen molar-refractivity contribution in [2.45, 2.75) is 25.3 Å². The van der Waals surface area contributed by atoms with Crippen LogP contribution in [0.5, 0.6) is 0 Å². The van der Waals surface area contributed by atoms with E-state index in [1.165, 1.54) is 0 Å². The van der Waals surface area contributed by atoms with Crippen molar-refractivity contribution < 1.29 is 9.90 Å². The van der Waals surface area contributed by atoms with Crippen LogP contribution in [0.2, 0.25) is 0 Å². The molecule has 6 heteroatoms. The lowest BCUT2D eigenvalue weighted by atomic mass is 10.1. The predicted molar refractivity (Wildman–Crippen MR) is 81.9 cm³/mol. The molecular weight excluding hydrogens is 322 g/mol. The zero-order valence-corrected chi connectivity index (χ0v) is 13.4. The lowest BCUT2D eigenvalue weighted by Crippen LogP contribution is -2.38. The molecule has 0 aromatic carbocycles. The van der Waals surface area contributed by atoms with Gasteiger partial charge < -0.3 is 15.3 Å². The molecule has 0 aliphatic heterocycles. The van der Waals surface area contributed by atoms with Gasteiger partial charge in [-0.05, 0) is 47.2 Å². The highest BCUT2D eigenvalue weighted by Crippen LogP contribution is 2.34. The van der Waals surface area contributed by atoms with E-state index in [0.29, 0.717) is 23.7 Å². The Hall–Kier alpha value is -1.14. The molecule has 1 amide bonds. The number of pyridine rings is 1. The summed E-state index contributed by atoms with van der Waals surface area (Å²) in [6.45, 7) is 0.0960. The van der Waals surface area contributed by atoms with E-state index in [-0.39, 0.29) is 18.6 Å². The van der Waals surface area contributed by atoms with E-state index in [0.717, 1.165) is 17.3 Å². The van der Waals surface area contributed by atoms with Gasteiger partial charge in [0.15, 0.2) is 0 Å². The minimum atomic E-state index is -0.132. The molecule has 1 atom stereocenters. The fourth-order valence-electron chi connectivity index (χ4n) is 2.27. The van der Waals surface area contributed by atoms with Gasteiger partial charge in [0.2, 0.25) is 0 Å². The summed E-state index contributed by atoms with van der Waals surface area (Å²) in [4.78, 5) is 18.6. The summed E-state index contributed by atoms with van der Waals surface area (Å²) in [7, 11) is 3.72. The van der Waals surface area contributed by atoms with Crippen LogP contribution in [0.1, 0.15) is 29.6 Å². The van der Waals surface area contributed by atoms with Crippen molar-refractivity contribution in [2.24, 2.45) is 5.92 Å². The second kappa shape index (κ2) is 6.54. The summed E-state index contributed by atoms with van der Waals surface area (Å²) in [5.41, 5.74) is 0.549. The number of carbonyl (C=O) groups is 1. The summed E-state index contributed by atoms with van der Waals surface area (Å²) >= 11 is 3.35. The van der Waals surface area contributed by atoms with Crippen molar-refractivity contribution in [2.75, 3.05) is 25.6 Å². The number of carbonyl (C=O) groups excluding carboxylic acids is 1. The fourth-order valence-corrected chi connectivity index (χ4v) is 2.60. The van der Waals surface area contributed by atoms with Crippen LogP contribution in [0.4, 0.5) is 5.82 Å². The molecular formula is C14H20BrN3O2. The van der Waals surface area contributed by atoms with Gasteiger partial charge in [0.05, 0.1) is 5.56 Å².